The van der Waals surface area contributed by atoms with Crippen molar-refractivity contribution in [3.05, 3.63) is 30.2 Å². The fourth-order valence-corrected chi connectivity index (χ4v) is 4.19. The Morgan fingerprint density at radius 1 is 1.24 bits per heavy atom. The molecule has 0 spiro atoms. The van der Waals surface area contributed by atoms with E-state index in [9.17, 15) is 4.79 Å². The van der Waals surface area contributed by atoms with Gasteiger partial charge in [0.1, 0.15) is 5.82 Å². The fourth-order valence-electron chi connectivity index (χ4n) is 4.19. The van der Waals surface area contributed by atoms with Gasteiger partial charge < -0.3 is 20.9 Å². The van der Waals surface area contributed by atoms with Crippen molar-refractivity contribution in [3.8, 4) is 0 Å². The Kier molecular flexibility index (Phi) is 4.38. The summed E-state index contributed by atoms with van der Waals surface area (Å²) in [5.41, 5.74) is 8.83. The lowest BCUT2D eigenvalue weighted by Crippen LogP contribution is -2.46. The molecule has 3 aromatic heterocycles. The molecule has 10 nitrogen and oxygen atoms in total. The normalized spacial score (nSPS) is 17.4. The zero-order valence-electron chi connectivity index (χ0n) is 16.0. The number of carbonyl (C=O) groups excluding carboxylic acids is 1. The van der Waals surface area contributed by atoms with Crippen LogP contribution in [0.5, 0.6) is 0 Å². The van der Waals surface area contributed by atoms with Gasteiger partial charge in [-0.15, -0.1) is 0 Å². The summed E-state index contributed by atoms with van der Waals surface area (Å²) in [4.78, 5) is 29.3. The van der Waals surface area contributed by atoms with Crippen molar-refractivity contribution in [1.29, 1.82) is 0 Å². The van der Waals surface area contributed by atoms with Crippen LogP contribution in [0.25, 0.3) is 11.2 Å². The lowest BCUT2D eigenvalue weighted by molar-refractivity contribution is 0.242. The first-order valence-electron chi connectivity index (χ1n) is 9.92. The number of rotatable bonds is 3. The number of pyridine rings is 1. The van der Waals surface area contributed by atoms with Gasteiger partial charge in [-0.3, -0.25) is 10.1 Å². The summed E-state index contributed by atoms with van der Waals surface area (Å²) in [6, 6.07) is 3.68. The zero-order valence-corrected chi connectivity index (χ0v) is 16.0. The van der Waals surface area contributed by atoms with Gasteiger partial charge in [0, 0.05) is 31.9 Å². The van der Waals surface area contributed by atoms with Crippen LogP contribution in [0.1, 0.15) is 25.0 Å². The number of anilines is 3. The molecule has 2 aliphatic rings. The molecule has 1 saturated heterocycles. The summed E-state index contributed by atoms with van der Waals surface area (Å²) in [6.07, 6.45) is 7.29. The number of fused-ring (bicyclic) bond motifs is 2. The van der Waals surface area contributed by atoms with Crippen molar-refractivity contribution < 1.29 is 4.79 Å². The third-order valence-electron chi connectivity index (χ3n) is 5.61. The predicted molar refractivity (Wildman–Crippen MR) is 109 cm³/mol. The van der Waals surface area contributed by atoms with Gasteiger partial charge in [-0.2, -0.15) is 5.10 Å². The number of aromatic nitrogens is 5. The van der Waals surface area contributed by atoms with E-state index in [-0.39, 0.29) is 6.04 Å². The molecule has 0 unspecified atom stereocenters. The Bertz CT molecular complexity index is 1040. The van der Waals surface area contributed by atoms with Crippen LogP contribution in [0.3, 0.4) is 0 Å². The van der Waals surface area contributed by atoms with Gasteiger partial charge in [-0.1, -0.05) is 0 Å². The highest BCUT2D eigenvalue weighted by atomic mass is 16.2. The van der Waals surface area contributed by atoms with E-state index in [4.69, 9.17) is 10.7 Å². The van der Waals surface area contributed by atoms with Crippen LogP contribution in [0, 0.1) is 0 Å². The average Bonchev–Trinajstić information content (AvgIpc) is 3.16. The van der Waals surface area contributed by atoms with Crippen LogP contribution in [-0.2, 0) is 6.42 Å². The maximum atomic E-state index is 11.0. The second-order valence-electron chi connectivity index (χ2n) is 7.47. The molecule has 5 heterocycles. The number of H-pyrrole nitrogens is 1. The van der Waals surface area contributed by atoms with E-state index in [2.05, 4.69) is 41.3 Å². The summed E-state index contributed by atoms with van der Waals surface area (Å²) in [7, 11) is 0. The number of nitrogens with one attached hydrogen (secondary N) is 2. The first-order chi connectivity index (χ1) is 14.2. The SMILES string of the molecule is NC(=O)NC1CCN(c2cnc3c(N4CCCc5ncccc54)n[nH]c3n2)CC1. The molecule has 1 fully saturated rings. The van der Waals surface area contributed by atoms with E-state index < -0.39 is 6.03 Å². The van der Waals surface area contributed by atoms with Gasteiger partial charge in [0.15, 0.2) is 17.0 Å². The molecule has 29 heavy (non-hydrogen) atoms. The Balaban J connectivity index is 1.38. The van der Waals surface area contributed by atoms with Crippen molar-refractivity contribution in [2.75, 3.05) is 29.4 Å². The molecule has 4 N–H and O–H groups in total. The smallest absolute Gasteiger partial charge is 0.312 e. The lowest BCUT2D eigenvalue weighted by atomic mass is 10.1. The molecule has 5 rings (SSSR count). The topological polar surface area (TPSA) is 129 Å². The first kappa shape index (κ1) is 17.7. The van der Waals surface area contributed by atoms with Crippen LogP contribution < -0.4 is 20.9 Å². The predicted octanol–water partition coefficient (Wildman–Crippen LogP) is 1.47. The zero-order chi connectivity index (χ0) is 19.8. The van der Waals surface area contributed by atoms with E-state index in [1.54, 1.807) is 6.20 Å². The van der Waals surface area contributed by atoms with E-state index in [0.29, 0.717) is 5.65 Å². The lowest BCUT2D eigenvalue weighted by Gasteiger charge is -2.32. The summed E-state index contributed by atoms with van der Waals surface area (Å²) in [5, 5.41) is 10.3. The molecule has 2 aliphatic heterocycles. The molecule has 10 heteroatoms. The first-order valence-corrected chi connectivity index (χ1v) is 9.92. The number of hydrogen-bond donors (Lipinski definition) is 3. The van der Waals surface area contributed by atoms with E-state index >= 15 is 0 Å². The van der Waals surface area contributed by atoms with Crippen molar-refractivity contribution in [2.24, 2.45) is 5.73 Å². The van der Waals surface area contributed by atoms with Crippen molar-refractivity contribution >= 4 is 34.5 Å². The van der Waals surface area contributed by atoms with Gasteiger partial charge in [0.25, 0.3) is 0 Å². The highest BCUT2D eigenvalue weighted by Gasteiger charge is 2.25. The van der Waals surface area contributed by atoms with Crippen LogP contribution in [0.2, 0.25) is 0 Å². The van der Waals surface area contributed by atoms with Crippen LogP contribution in [-0.4, -0.2) is 56.9 Å². The number of aryl methyl sites for hydroxylation is 1. The number of amides is 2. The van der Waals surface area contributed by atoms with Gasteiger partial charge in [0.05, 0.1) is 17.6 Å². The minimum Gasteiger partial charge on any atom is -0.355 e. The standard InChI is InChI=1S/C19H23N9O/c20-19(29)23-12-5-9-27(10-6-12)15-11-22-16-17(24-15)25-26-18(16)28-8-2-3-13-14(28)4-1-7-21-13/h1,4,7,11-12H,2-3,5-6,8-10H2,(H3,20,23,29)(H,24,25,26). The van der Waals surface area contributed by atoms with Gasteiger partial charge >= 0.3 is 6.03 Å². The Morgan fingerprint density at radius 2 is 2.10 bits per heavy atom. The number of nitrogens with two attached hydrogens (primary N) is 1. The van der Waals surface area contributed by atoms with Gasteiger partial charge in [0.2, 0.25) is 0 Å². The monoisotopic (exact) mass is 393 g/mol. The fraction of sp³-hybridized carbons (Fsp3) is 0.421. The number of carbonyl (C=O) groups is 1. The van der Waals surface area contributed by atoms with Crippen molar-refractivity contribution in [1.82, 2.24) is 30.5 Å². The second-order valence-corrected chi connectivity index (χ2v) is 7.47. The number of hydrogen-bond acceptors (Lipinski definition) is 7. The quantitative estimate of drug-likeness (QED) is 0.614. The molecule has 0 saturated carbocycles. The average molecular weight is 393 g/mol. The Morgan fingerprint density at radius 3 is 2.93 bits per heavy atom. The molecule has 0 bridgehead atoms. The molecular formula is C19H23N9O. The molecule has 0 atom stereocenters. The van der Waals surface area contributed by atoms with Crippen molar-refractivity contribution in [3.63, 3.8) is 0 Å². The third kappa shape index (κ3) is 3.30. The highest BCUT2D eigenvalue weighted by Crippen LogP contribution is 2.34. The number of aromatic amines is 1. The van der Waals surface area contributed by atoms with Crippen molar-refractivity contribution in [2.45, 2.75) is 31.7 Å². The molecule has 2 amide bonds. The minimum atomic E-state index is -0.468. The highest BCUT2D eigenvalue weighted by molar-refractivity contribution is 5.87. The van der Waals surface area contributed by atoms with E-state index in [0.717, 1.165) is 73.9 Å². The van der Waals surface area contributed by atoms with Gasteiger partial charge in [-0.05, 0) is 37.8 Å². The summed E-state index contributed by atoms with van der Waals surface area (Å²) < 4.78 is 0. The Labute approximate surface area is 167 Å². The van der Waals surface area contributed by atoms with Crippen LogP contribution in [0.4, 0.5) is 22.1 Å². The third-order valence-corrected chi connectivity index (χ3v) is 5.61. The largest absolute Gasteiger partial charge is 0.355 e. The minimum absolute atomic E-state index is 0.118. The molecular weight excluding hydrogens is 370 g/mol. The molecule has 3 aromatic rings. The van der Waals surface area contributed by atoms with Gasteiger partial charge in [-0.25, -0.2) is 14.8 Å². The number of piperidine rings is 1. The Hall–Kier alpha value is -3.43. The second kappa shape index (κ2) is 7.19. The van der Waals surface area contributed by atoms with E-state index in [1.807, 2.05) is 12.3 Å². The number of urea groups is 1. The van der Waals surface area contributed by atoms with Crippen LogP contribution in [0.15, 0.2) is 24.5 Å². The summed E-state index contributed by atoms with van der Waals surface area (Å²) >= 11 is 0. The molecule has 0 radical (unpaired) electrons. The van der Waals surface area contributed by atoms with E-state index in [1.165, 1.54) is 0 Å². The molecule has 150 valence electrons. The number of nitrogens with zero attached hydrogens (tertiary/aromatic N) is 6. The molecule has 0 aromatic carbocycles. The number of primary amides is 1. The molecule has 0 aliphatic carbocycles. The summed E-state index contributed by atoms with van der Waals surface area (Å²) in [5.74, 6) is 1.60. The maximum absolute atomic E-state index is 11.0. The maximum Gasteiger partial charge on any atom is 0.312 e. The summed E-state index contributed by atoms with van der Waals surface area (Å²) in [6.45, 7) is 2.46. The van der Waals surface area contributed by atoms with Crippen LogP contribution >= 0.6 is 0 Å².